The fourth-order valence-electron chi connectivity index (χ4n) is 4.72. The summed E-state index contributed by atoms with van der Waals surface area (Å²) >= 11 is 0. The first-order valence-corrected chi connectivity index (χ1v) is 10.8. The monoisotopic (exact) mass is 450 g/mol. The largest absolute Gasteiger partial charge is 0.421 e. The van der Waals surface area contributed by atoms with Crippen molar-refractivity contribution in [1.82, 2.24) is 24.9 Å². The van der Waals surface area contributed by atoms with Crippen LogP contribution in [-0.2, 0) is 6.61 Å². The molecule has 1 spiro atoms. The number of nitrogens with one attached hydrogen (secondary N) is 2. The Kier molecular flexibility index (Phi) is 4.39. The Morgan fingerprint density at radius 3 is 2.76 bits per heavy atom. The lowest BCUT2D eigenvalue weighted by Crippen LogP contribution is -2.30. The lowest BCUT2D eigenvalue weighted by Gasteiger charge is -2.19. The van der Waals surface area contributed by atoms with Crippen molar-refractivity contribution >= 4 is 33.4 Å². The third-order valence-corrected chi connectivity index (χ3v) is 6.69. The maximum Gasteiger partial charge on any atom is 0.326 e. The zero-order chi connectivity index (χ0) is 22.7. The van der Waals surface area contributed by atoms with E-state index < -0.39 is 0 Å². The Bertz CT molecular complexity index is 1370. The highest BCUT2D eigenvalue weighted by molar-refractivity contribution is 6.14. The maximum atomic E-state index is 14.4. The van der Waals surface area contributed by atoms with Crippen LogP contribution in [0.3, 0.4) is 0 Å². The molecule has 5 N–H and O–H groups in total. The Morgan fingerprint density at radius 2 is 2.09 bits per heavy atom. The number of ether oxygens (including phenoxy) is 1. The summed E-state index contributed by atoms with van der Waals surface area (Å²) in [5.41, 5.74) is 8.48. The van der Waals surface area contributed by atoms with Crippen LogP contribution in [0.1, 0.15) is 18.7 Å². The van der Waals surface area contributed by atoms with Crippen molar-refractivity contribution in [2.75, 3.05) is 30.4 Å². The lowest BCUT2D eigenvalue weighted by atomic mass is 10.0. The number of halogens is 1. The molecule has 170 valence electrons. The van der Waals surface area contributed by atoms with Crippen molar-refractivity contribution in [3.63, 3.8) is 0 Å². The molecule has 0 bridgehead atoms. The van der Waals surface area contributed by atoms with Crippen LogP contribution in [0, 0.1) is 11.2 Å². The number of fused-ring (bicyclic) bond motifs is 3. The molecular weight excluding hydrogens is 427 g/mol. The molecule has 6 rings (SSSR count). The van der Waals surface area contributed by atoms with Gasteiger partial charge >= 0.3 is 6.01 Å². The van der Waals surface area contributed by atoms with Crippen LogP contribution >= 0.6 is 0 Å². The molecule has 0 radical (unpaired) electrons. The number of aliphatic hydroxyl groups excluding tert-OH is 1. The number of aliphatic hydroxyl groups is 1. The average Bonchev–Trinajstić information content (AvgIpc) is 3.40. The highest BCUT2D eigenvalue weighted by Crippen LogP contribution is 2.53. The quantitative estimate of drug-likeness (QED) is 0.361. The minimum Gasteiger partial charge on any atom is -0.421 e. The normalized spacial score (nSPS) is 19.0. The van der Waals surface area contributed by atoms with Crippen molar-refractivity contribution < 1.29 is 14.2 Å². The van der Waals surface area contributed by atoms with E-state index in [2.05, 4.69) is 30.2 Å². The second-order valence-corrected chi connectivity index (χ2v) is 8.75. The molecule has 33 heavy (non-hydrogen) atoms. The second-order valence-electron chi connectivity index (χ2n) is 8.75. The van der Waals surface area contributed by atoms with Crippen LogP contribution in [0.4, 0.5) is 15.9 Å². The van der Waals surface area contributed by atoms with Crippen molar-refractivity contribution in [2.24, 2.45) is 11.1 Å². The van der Waals surface area contributed by atoms with Gasteiger partial charge in [-0.25, -0.2) is 14.4 Å². The smallest absolute Gasteiger partial charge is 0.326 e. The van der Waals surface area contributed by atoms with E-state index in [1.165, 1.54) is 24.5 Å². The minimum absolute atomic E-state index is 0.0566. The van der Waals surface area contributed by atoms with Gasteiger partial charge in [-0.2, -0.15) is 9.97 Å². The lowest BCUT2D eigenvalue weighted by molar-refractivity contribution is 0.270. The molecule has 2 aliphatic rings. The summed E-state index contributed by atoms with van der Waals surface area (Å²) in [6.45, 7) is 1.18. The van der Waals surface area contributed by atoms with Gasteiger partial charge in [0.2, 0.25) is 0 Å². The van der Waals surface area contributed by atoms with Crippen molar-refractivity contribution in [2.45, 2.75) is 25.5 Å². The fourth-order valence-corrected chi connectivity index (χ4v) is 4.72. The molecule has 1 atom stereocenters. The highest BCUT2D eigenvalue weighted by Gasteiger charge is 2.54. The van der Waals surface area contributed by atoms with Crippen LogP contribution in [0.2, 0.25) is 0 Å². The molecule has 1 saturated heterocycles. The molecule has 10 nitrogen and oxygen atoms in total. The standard InChI is InChI=1S/C22H23FN8O2/c1-25-14-5-11(23)4-13-17-19(28-18(13)14)29-21(33-12-6-26-16(9-32)27-7-12)30-20(17)31-8-15(24)22(10-31)2-3-22/h4-7,15,25,32H,2-3,8-10,24H2,1H3,(H,28,29,30)/t15-/m0/s1. The first-order valence-electron chi connectivity index (χ1n) is 10.8. The fraction of sp³-hybridized carbons (Fsp3) is 0.364. The average molecular weight is 450 g/mol. The van der Waals surface area contributed by atoms with Gasteiger partial charge < -0.3 is 30.8 Å². The van der Waals surface area contributed by atoms with E-state index in [9.17, 15) is 4.39 Å². The first-order chi connectivity index (χ1) is 16.0. The topological polar surface area (TPSA) is 138 Å². The molecule has 1 aliphatic heterocycles. The van der Waals surface area contributed by atoms with E-state index >= 15 is 0 Å². The Morgan fingerprint density at radius 1 is 1.30 bits per heavy atom. The van der Waals surface area contributed by atoms with Gasteiger partial charge in [-0.05, 0) is 25.0 Å². The highest BCUT2D eigenvalue weighted by atomic mass is 19.1. The summed E-state index contributed by atoms with van der Waals surface area (Å²) in [6, 6.07) is 3.10. The van der Waals surface area contributed by atoms with Crippen LogP contribution < -0.4 is 20.7 Å². The molecule has 4 aromatic rings. The van der Waals surface area contributed by atoms with Crippen LogP contribution in [0.25, 0.3) is 21.9 Å². The summed E-state index contributed by atoms with van der Waals surface area (Å²) in [6.07, 6.45) is 5.11. The summed E-state index contributed by atoms with van der Waals surface area (Å²) < 4.78 is 20.3. The number of benzene rings is 1. The third-order valence-electron chi connectivity index (χ3n) is 6.69. The number of hydrogen-bond donors (Lipinski definition) is 4. The Hall–Kier alpha value is -3.57. The predicted octanol–water partition coefficient (Wildman–Crippen LogP) is 2.29. The molecule has 1 aromatic carbocycles. The summed E-state index contributed by atoms with van der Waals surface area (Å²) in [5, 5.41) is 13.6. The molecule has 3 aromatic heterocycles. The molecule has 1 saturated carbocycles. The Balaban J connectivity index is 1.52. The van der Waals surface area contributed by atoms with E-state index in [1.807, 2.05) is 0 Å². The maximum absolute atomic E-state index is 14.4. The van der Waals surface area contributed by atoms with Gasteiger partial charge in [0.15, 0.2) is 11.6 Å². The van der Waals surface area contributed by atoms with Gasteiger partial charge in [-0.15, -0.1) is 0 Å². The summed E-state index contributed by atoms with van der Waals surface area (Å²) in [4.78, 5) is 22.8. The SMILES string of the molecule is CNc1cc(F)cc2c1[nH]c1nc(Oc3cnc(CO)nc3)nc(N3C[C@H](N)C4(CC4)C3)c12. The van der Waals surface area contributed by atoms with Crippen LogP contribution in [-0.4, -0.2) is 56.2 Å². The number of rotatable bonds is 5. The van der Waals surface area contributed by atoms with Gasteiger partial charge in [0.25, 0.3) is 0 Å². The van der Waals surface area contributed by atoms with E-state index in [1.54, 1.807) is 7.05 Å². The number of H-pyrrole nitrogens is 1. The van der Waals surface area contributed by atoms with Gasteiger partial charge in [0.1, 0.15) is 23.9 Å². The van der Waals surface area contributed by atoms with E-state index in [-0.39, 0.29) is 35.7 Å². The number of nitrogens with two attached hydrogens (primary N) is 1. The molecule has 0 unspecified atom stereocenters. The first kappa shape index (κ1) is 20.1. The molecular formula is C22H23FN8O2. The van der Waals surface area contributed by atoms with Crippen molar-refractivity contribution in [3.05, 3.63) is 36.2 Å². The van der Waals surface area contributed by atoms with Gasteiger partial charge in [0, 0.05) is 37.0 Å². The molecule has 4 heterocycles. The molecule has 0 amide bonds. The number of hydrogen-bond acceptors (Lipinski definition) is 9. The Labute approximate surface area is 188 Å². The molecule has 11 heteroatoms. The van der Waals surface area contributed by atoms with Gasteiger partial charge in [0.05, 0.1) is 29.0 Å². The van der Waals surface area contributed by atoms with Crippen molar-refractivity contribution in [1.29, 1.82) is 0 Å². The number of aromatic amines is 1. The van der Waals surface area contributed by atoms with Gasteiger partial charge in [-0.1, -0.05) is 0 Å². The second kappa shape index (κ2) is 7.22. The van der Waals surface area contributed by atoms with E-state index in [4.69, 9.17) is 20.6 Å². The number of aromatic nitrogens is 5. The molecule has 2 fully saturated rings. The third kappa shape index (κ3) is 3.23. The van der Waals surface area contributed by atoms with Gasteiger partial charge in [-0.3, -0.25) is 0 Å². The number of anilines is 2. The van der Waals surface area contributed by atoms with E-state index in [0.717, 1.165) is 30.3 Å². The minimum atomic E-state index is -0.350. The molecule has 1 aliphatic carbocycles. The van der Waals surface area contributed by atoms with E-state index in [0.29, 0.717) is 34.8 Å². The summed E-state index contributed by atoms with van der Waals surface area (Å²) in [5.74, 6) is 0.933. The zero-order valence-corrected chi connectivity index (χ0v) is 18.0. The zero-order valence-electron chi connectivity index (χ0n) is 18.0. The van der Waals surface area contributed by atoms with Crippen LogP contribution in [0.5, 0.6) is 11.8 Å². The van der Waals surface area contributed by atoms with Crippen molar-refractivity contribution in [3.8, 4) is 11.8 Å². The number of nitrogens with zero attached hydrogens (tertiary/aromatic N) is 5. The summed E-state index contributed by atoms with van der Waals surface area (Å²) in [7, 11) is 1.74. The van der Waals surface area contributed by atoms with Crippen LogP contribution in [0.15, 0.2) is 24.5 Å². The predicted molar refractivity (Wildman–Crippen MR) is 121 cm³/mol.